The molecule has 3 saturated heterocycles. The Morgan fingerprint density at radius 3 is 2.52 bits per heavy atom. The van der Waals surface area contributed by atoms with Crippen LogP contribution in [0.3, 0.4) is 0 Å². The number of ether oxygens (including phenoxy) is 1. The molecule has 1 aromatic rings. The summed E-state index contributed by atoms with van der Waals surface area (Å²) >= 11 is 1.91. The van der Waals surface area contributed by atoms with E-state index in [2.05, 4.69) is 4.90 Å². The lowest BCUT2D eigenvalue weighted by atomic mass is 9.94. The van der Waals surface area contributed by atoms with E-state index >= 15 is 0 Å². The second kappa shape index (κ2) is 8.82. The Hall–Kier alpha value is -2.06. The summed E-state index contributed by atoms with van der Waals surface area (Å²) in [5.41, 5.74) is 1.83. The van der Waals surface area contributed by atoms with Crippen LogP contribution in [0.25, 0.3) is 0 Å². The third-order valence-electron chi connectivity index (χ3n) is 6.89. The first-order valence-electron chi connectivity index (χ1n) is 11.4. The average Bonchev–Trinajstić information content (AvgIpc) is 3.42. The fraction of sp³-hybridized carbons (Fsp3) is 0.609. The molecule has 166 valence electrons. The van der Waals surface area contributed by atoms with Gasteiger partial charge in [-0.05, 0) is 37.8 Å². The fourth-order valence-corrected chi connectivity index (χ4v) is 6.05. The highest BCUT2D eigenvalue weighted by atomic mass is 32.2. The van der Waals surface area contributed by atoms with Gasteiger partial charge in [0.25, 0.3) is 11.8 Å². The number of carbonyl (C=O) groups is 3. The summed E-state index contributed by atoms with van der Waals surface area (Å²) in [6.45, 7) is 4.19. The number of thioether (sulfide) groups is 1. The lowest BCUT2D eigenvalue weighted by Gasteiger charge is -2.36. The Morgan fingerprint density at radius 2 is 1.81 bits per heavy atom. The summed E-state index contributed by atoms with van der Waals surface area (Å²) in [6, 6.07) is 5.54. The van der Waals surface area contributed by atoms with E-state index in [0.29, 0.717) is 24.3 Å². The maximum absolute atomic E-state index is 13.2. The maximum atomic E-state index is 13.2. The molecule has 8 heteroatoms. The van der Waals surface area contributed by atoms with Crippen molar-refractivity contribution in [1.29, 1.82) is 0 Å². The number of piperidine rings is 1. The van der Waals surface area contributed by atoms with Crippen molar-refractivity contribution in [3.05, 3.63) is 29.3 Å². The molecular formula is C23H29N3O4S. The quantitative estimate of drug-likeness (QED) is 0.665. The van der Waals surface area contributed by atoms with Gasteiger partial charge in [-0.3, -0.25) is 19.3 Å². The normalized spacial score (nSPS) is 24.8. The molecule has 7 nitrogen and oxygen atoms in total. The van der Waals surface area contributed by atoms with Gasteiger partial charge in [0, 0.05) is 50.2 Å². The molecule has 0 aromatic heterocycles. The third-order valence-corrected chi connectivity index (χ3v) is 7.84. The summed E-state index contributed by atoms with van der Waals surface area (Å²) in [4.78, 5) is 44.5. The Morgan fingerprint density at radius 1 is 1.03 bits per heavy atom. The zero-order valence-electron chi connectivity index (χ0n) is 17.8. The highest BCUT2D eigenvalue weighted by Crippen LogP contribution is 2.35. The van der Waals surface area contributed by atoms with Gasteiger partial charge in [-0.1, -0.05) is 6.07 Å². The zero-order chi connectivity index (χ0) is 21.4. The maximum Gasteiger partial charge on any atom is 0.263 e. The molecule has 3 amide bonds. The van der Waals surface area contributed by atoms with E-state index in [4.69, 9.17) is 4.74 Å². The fourth-order valence-electron chi connectivity index (χ4n) is 5.15. The van der Waals surface area contributed by atoms with Crippen molar-refractivity contribution in [2.45, 2.75) is 31.8 Å². The van der Waals surface area contributed by atoms with Gasteiger partial charge in [-0.2, -0.15) is 11.8 Å². The SMILES string of the molecule is O=C(C1CCN(c2cccc3c2C(=O)N(CC2CCCO2)C3=O)CC1)N1CCSCC1. The van der Waals surface area contributed by atoms with Crippen LogP contribution in [0.15, 0.2) is 18.2 Å². The molecule has 31 heavy (non-hydrogen) atoms. The summed E-state index contributed by atoms with van der Waals surface area (Å²) in [5, 5.41) is 0. The standard InChI is InChI=1S/C23H29N3O4S/c27-21(25-10-13-31-14-11-25)16-6-8-24(9-7-16)19-5-1-4-18-20(19)23(29)26(22(18)28)15-17-3-2-12-30-17/h1,4-5,16-17H,2-3,6-15H2. The first-order valence-corrected chi connectivity index (χ1v) is 12.5. The Labute approximate surface area is 187 Å². The summed E-state index contributed by atoms with van der Waals surface area (Å²) in [7, 11) is 0. The van der Waals surface area contributed by atoms with Crippen molar-refractivity contribution in [2.75, 3.05) is 55.7 Å². The van der Waals surface area contributed by atoms with E-state index < -0.39 is 0 Å². The lowest BCUT2D eigenvalue weighted by Crippen LogP contribution is -2.45. The molecule has 0 bridgehead atoms. The third kappa shape index (κ3) is 3.96. The van der Waals surface area contributed by atoms with Crippen molar-refractivity contribution >= 4 is 35.2 Å². The molecule has 4 aliphatic rings. The van der Waals surface area contributed by atoms with Gasteiger partial charge in [0.05, 0.1) is 29.5 Å². The molecular weight excluding hydrogens is 414 g/mol. The monoisotopic (exact) mass is 443 g/mol. The van der Waals surface area contributed by atoms with Gasteiger partial charge in [0.2, 0.25) is 5.91 Å². The molecule has 1 unspecified atom stereocenters. The van der Waals surface area contributed by atoms with Crippen molar-refractivity contribution in [2.24, 2.45) is 5.92 Å². The molecule has 1 aromatic carbocycles. The number of rotatable bonds is 4. The van der Waals surface area contributed by atoms with Crippen LogP contribution in [-0.2, 0) is 9.53 Å². The van der Waals surface area contributed by atoms with Crippen LogP contribution in [0, 0.1) is 5.92 Å². The molecule has 0 aliphatic carbocycles. The van der Waals surface area contributed by atoms with Crippen molar-refractivity contribution in [3.8, 4) is 0 Å². The number of amides is 3. The predicted octanol–water partition coefficient (Wildman–Crippen LogP) is 2.25. The molecule has 1 atom stereocenters. The van der Waals surface area contributed by atoms with E-state index in [0.717, 1.165) is 69.1 Å². The number of nitrogens with zero attached hydrogens (tertiary/aromatic N) is 3. The molecule has 4 heterocycles. The van der Waals surface area contributed by atoms with Crippen molar-refractivity contribution < 1.29 is 19.1 Å². The van der Waals surface area contributed by atoms with Gasteiger partial charge in [0.15, 0.2) is 0 Å². The van der Waals surface area contributed by atoms with Crippen LogP contribution in [-0.4, -0.2) is 84.5 Å². The number of fused-ring (bicyclic) bond motifs is 1. The number of hydrogen-bond donors (Lipinski definition) is 0. The van der Waals surface area contributed by atoms with E-state index in [1.165, 1.54) is 4.90 Å². The molecule has 4 aliphatic heterocycles. The molecule has 0 N–H and O–H groups in total. The summed E-state index contributed by atoms with van der Waals surface area (Å²) in [6.07, 6.45) is 3.38. The number of imide groups is 1. The summed E-state index contributed by atoms with van der Waals surface area (Å²) in [5.74, 6) is 1.97. The van der Waals surface area contributed by atoms with Gasteiger partial charge in [-0.15, -0.1) is 0 Å². The molecule has 0 saturated carbocycles. The molecule has 3 fully saturated rings. The van der Waals surface area contributed by atoms with Crippen LogP contribution in [0.5, 0.6) is 0 Å². The Balaban J connectivity index is 1.28. The van der Waals surface area contributed by atoms with Crippen molar-refractivity contribution in [1.82, 2.24) is 9.80 Å². The van der Waals surface area contributed by atoms with Crippen LogP contribution in [0.2, 0.25) is 0 Å². The van der Waals surface area contributed by atoms with Crippen LogP contribution >= 0.6 is 11.8 Å². The number of carbonyl (C=O) groups excluding carboxylic acids is 3. The van der Waals surface area contributed by atoms with Gasteiger partial charge < -0.3 is 14.5 Å². The minimum atomic E-state index is -0.217. The second-order valence-corrected chi connectivity index (χ2v) is 9.98. The first kappa shape index (κ1) is 20.8. The van der Waals surface area contributed by atoms with Gasteiger partial charge in [-0.25, -0.2) is 0 Å². The number of benzene rings is 1. The van der Waals surface area contributed by atoms with Gasteiger partial charge in [0.1, 0.15) is 0 Å². The first-order chi connectivity index (χ1) is 15.1. The average molecular weight is 444 g/mol. The largest absolute Gasteiger partial charge is 0.376 e. The topological polar surface area (TPSA) is 70.2 Å². The minimum Gasteiger partial charge on any atom is -0.376 e. The highest BCUT2D eigenvalue weighted by Gasteiger charge is 2.40. The van der Waals surface area contributed by atoms with E-state index in [1.807, 2.05) is 28.8 Å². The lowest BCUT2D eigenvalue weighted by molar-refractivity contribution is -0.135. The smallest absolute Gasteiger partial charge is 0.263 e. The second-order valence-electron chi connectivity index (χ2n) is 8.75. The Bertz CT molecular complexity index is 872. The van der Waals surface area contributed by atoms with E-state index in [9.17, 15) is 14.4 Å². The van der Waals surface area contributed by atoms with Gasteiger partial charge >= 0.3 is 0 Å². The number of anilines is 1. The van der Waals surface area contributed by atoms with E-state index in [-0.39, 0.29) is 29.7 Å². The molecule has 0 radical (unpaired) electrons. The van der Waals surface area contributed by atoms with Crippen LogP contribution in [0.1, 0.15) is 46.4 Å². The van der Waals surface area contributed by atoms with Crippen LogP contribution < -0.4 is 4.90 Å². The summed E-state index contributed by atoms with van der Waals surface area (Å²) < 4.78 is 5.65. The Kier molecular flexibility index (Phi) is 5.93. The van der Waals surface area contributed by atoms with Crippen molar-refractivity contribution in [3.63, 3.8) is 0 Å². The van der Waals surface area contributed by atoms with Crippen LogP contribution in [0.4, 0.5) is 5.69 Å². The zero-order valence-corrected chi connectivity index (χ0v) is 18.6. The molecule has 0 spiro atoms. The minimum absolute atomic E-state index is 0.0550. The van der Waals surface area contributed by atoms with E-state index in [1.54, 1.807) is 6.07 Å². The number of hydrogen-bond acceptors (Lipinski definition) is 6. The predicted molar refractivity (Wildman–Crippen MR) is 120 cm³/mol. The highest BCUT2D eigenvalue weighted by molar-refractivity contribution is 7.99. The molecule has 5 rings (SSSR count).